The molecule has 1 aromatic heterocycles. The highest BCUT2D eigenvalue weighted by Crippen LogP contribution is 2.23. The van der Waals surface area contributed by atoms with Gasteiger partial charge in [0.2, 0.25) is 5.76 Å². The van der Waals surface area contributed by atoms with Gasteiger partial charge in [0.1, 0.15) is 0 Å². The molecule has 2 aromatic rings. The number of oxazole rings is 1. The van der Waals surface area contributed by atoms with Crippen LogP contribution in [0.15, 0.2) is 35.1 Å². The highest BCUT2D eigenvalue weighted by molar-refractivity contribution is 6.03. The van der Waals surface area contributed by atoms with Gasteiger partial charge in [-0.05, 0) is 49.4 Å². The molecule has 0 aliphatic carbocycles. The maximum Gasteiger partial charge on any atom is 0.293 e. The minimum Gasteiger partial charge on any atom is -0.438 e. The van der Waals surface area contributed by atoms with Crippen LogP contribution in [0.4, 0.5) is 11.4 Å². The van der Waals surface area contributed by atoms with E-state index in [0.717, 1.165) is 18.8 Å². The first-order chi connectivity index (χ1) is 11.1. The van der Waals surface area contributed by atoms with Gasteiger partial charge in [-0.1, -0.05) is 13.8 Å². The molecule has 0 spiro atoms. The number of benzene rings is 1. The summed E-state index contributed by atoms with van der Waals surface area (Å²) in [7, 11) is 0. The average Bonchev–Trinajstić information content (AvgIpc) is 3.06. The number of carbonyl (C=O) groups excluding carboxylic acids is 1. The van der Waals surface area contributed by atoms with Gasteiger partial charge < -0.3 is 14.6 Å². The lowest BCUT2D eigenvalue weighted by Gasteiger charge is -2.28. The Bertz CT molecular complexity index is 655. The Morgan fingerprint density at radius 2 is 1.87 bits per heavy atom. The molecule has 0 radical (unpaired) electrons. The van der Waals surface area contributed by atoms with Gasteiger partial charge in [-0.2, -0.15) is 0 Å². The van der Waals surface area contributed by atoms with Gasteiger partial charge in [-0.25, -0.2) is 4.98 Å². The Morgan fingerprint density at radius 3 is 2.52 bits per heavy atom. The Hall–Kier alpha value is -2.30. The zero-order valence-electron chi connectivity index (χ0n) is 13.7. The molecule has 5 nitrogen and oxygen atoms in total. The van der Waals surface area contributed by atoms with E-state index in [1.54, 1.807) is 0 Å². The molecule has 23 heavy (non-hydrogen) atoms. The van der Waals surface area contributed by atoms with Gasteiger partial charge in [0.05, 0.1) is 5.69 Å². The fourth-order valence-electron chi connectivity index (χ4n) is 2.93. The SMILES string of the molecule is CC(C)c1ncoc1C(=O)Nc1ccc(N2CCCCC2)cc1. The number of nitrogens with one attached hydrogen (secondary N) is 1. The van der Waals surface area contributed by atoms with Crippen LogP contribution in [0.5, 0.6) is 0 Å². The van der Waals surface area contributed by atoms with Crippen molar-refractivity contribution >= 4 is 17.3 Å². The van der Waals surface area contributed by atoms with Gasteiger partial charge in [0, 0.05) is 24.5 Å². The van der Waals surface area contributed by atoms with Crippen LogP contribution in [0.2, 0.25) is 0 Å². The zero-order chi connectivity index (χ0) is 16.2. The lowest BCUT2D eigenvalue weighted by molar-refractivity contribution is 0.0995. The van der Waals surface area contributed by atoms with Crippen molar-refractivity contribution in [3.05, 3.63) is 42.1 Å². The molecule has 1 aliphatic heterocycles. The van der Waals surface area contributed by atoms with Crippen LogP contribution >= 0.6 is 0 Å². The molecule has 122 valence electrons. The van der Waals surface area contributed by atoms with Crippen LogP contribution in [0.1, 0.15) is 55.3 Å². The fourth-order valence-corrected chi connectivity index (χ4v) is 2.93. The molecule has 1 saturated heterocycles. The largest absolute Gasteiger partial charge is 0.438 e. The van der Waals surface area contributed by atoms with Gasteiger partial charge in [0.25, 0.3) is 5.91 Å². The highest BCUT2D eigenvalue weighted by Gasteiger charge is 2.19. The second kappa shape index (κ2) is 6.86. The minimum absolute atomic E-state index is 0.149. The molecule has 0 atom stereocenters. The Morgan fingerprint density at radius 1 is 1.17 bits per heavy atom. The van der Waals surface area contributed by atoms with Crippen LogP contribution in [-0.4, -0.2) is 24.0 Å². The smallest absolute Gasteiger partial charge is 0.293 e. The fraction of sp³-hybridized carbons (Fsp3) is 0.444. The lowest BCUT2D eigenvalue weighted by atomic mass is 10.1. The van der Waals surface area contributed by atoms with E-state index < -0.39 is 0 Å². The summed E-state index contributed by atoms with van der Waals surface area (Å²) in [5.74, 6) is 0.188. The summed E-state index contributed by atoms with van der Waals surface area (Å²) in [4.78, 5) is 18.8. The molecule has 1 fully saturated rings. The van der Waals surface area contributed by atoms with Crippen molar-refractivity contribution in [3.8, 4) is 0 Å². The predicted octanol–water partition coefficient (Wildman–Crippen LogP) is 4.04. The molecule has 0 unspecified atom stereocenters. The summed E-state index contributed by atoms with van der Waals surface area (Å²) < 4.78 is 5.25. The average molecular weight is 313 g/mol. The topological polar surface area (TPSA) is 58.4 Å². The number of nitrogens with zero attached hydrogens (tertiary/aromatic N) is 2. The minimum atomic E-state index is -0.253. The highest BCUT2D eigenvalue weighted by atomic mass is 16.3. The molecule has 1 N–H and O–H groups in total. The van der Waals surface area contributed by atoms with E-state index in [1.807, 2.05) is 26.0 Å². The van der Waals surface area contributed by atoms with E-state index in [-0.39, 0.29) is 11.8 Å². The van der Waals surface area contributed by atoms with Gasteiger partial charge in [-0.15, -0.1) is 0 Å². The number of carbonyl (C=O) groups is 1. The molecular formula is C18H23N3O2. The maximum atomic E-state index is 12.3. The van der Waals surface area contributed by atoms with Crippen LogP contribution in [0.3, 0.4) is 0 Å². The van der Waals surface area contributed by atoms with Crippen LogP contribution in [-0.2, 0) is 0 Å². The van der Waals surface area contributed by atoms with E-state index in [9.17, 15) is 4.79 Å². The van der Waals surface area contributed by atoms with Crippen LogP contribution < -0.4 is 10.2 Å². The van der Waals surface area contributed by atoms with Gasteiger partial charge in [0.15, 0.2) is 6.39 Å². The summed E-state index contributed by atoms with van der Waals surface area (Å²) in [6.45, 7) is 6.20. The molecule has 1 amide bonds. The van der Waals surface area contributed by atoms with E-state index in [1.165, 1.54) is 31.3 Å². The predicted molar refractivity (Wildman–Crippen MR) is 91.1 cm³/mol. The molecule has 1 aliphatic rings. The van der Waals surface area contributed by atoms with Crippen molar-refractivity contribution in [1.29, 1.82) is 0 Å². The summed E-state index contributed by atoms with van der Waals surface area (Å²) in [5, 5.41) is 2.88. The monoisotopic (exact) mass is 313 g/mol. The van der Waals surface area contributed by atoms with E-state index in [4.69, 9.17) is 4.42 Å². The van der Waals surface area contributed by atoms with E-state index in [2.05, 4.69) is 27.3 Å². The van der Waals surface area contributed by atoms with Gasteiger partial charge in [-0.3, -0.25) is 4.79 Å². The van der Waals surface area contributed by atoms with Crippen molar-refractivity contribution < 1.29 is 9.21 Å². The lowest BCUT2D eigenvalue weighted by Crippen LogP contribution is -2.29. The number of hydrogen-bond donors (Lipinski definition) is 1. The Labute approximate surface area is 136 Å². The van der Waals surface area contributed by atoms with Crippen molar-refractivity contribution in [2.75, 3.05) is 23.3 Å². The molecular weight excluding hydrogens is 290 g/mol. The first-order valence-corrected chi connectivity index (χ1v) is 8.25. The quantitative estimate of drug-likeness (QED) is 0.925. The summed E-state index contributed by atoms with van der Waals surface area (Å²) in [5.41, 5.74) is 2.67. The summed E-state index contributed by atoms with van der Waals surface area (Å²) in [6.07, 6.45) is 5.15. The van der Waals surface area contributed by atoms with Gasteiger partial charge >= 0.3 is 0 Å². The van der Waals surface area contributed by atoms with Crippen molar-refractivity contribution in [3.63, 3.8) is 0 Å². The number of hydrogen-bond acceptors (Lipinski definition) is 4. The van der Waals surface area contributed by atoms with Crippen LogP contribution in [0.25, 0.3) is 0 Å². The molecule has 2 heterocycles. The normalized spacial score (nSPS) is 15.0. The third-order valence-electron chi connectivity index (χ3n) is 4.19. The number of amides is 1. The third kappa shape index (κ3) is 3.55. The molecule has 5 heteroatoms. The number of anilines is 2. The van der Waals surface area contributed by atoms with E-state index in [0.29, 0.717) is 11.5 Å². The Balaban J connectivity index is 1.68. The van der Waals surface area contributed by atoms with Crippen molar-refractivity contribution in [2.45, 2.75) is 39.0 Å². The number of piperidine rings is 1. The van der Waals surface area contributed by atoms with Crippen LogP contribution in [0, 0.1) is 0 Å². The maximum absolute atomic E-state index is 12.3. The number of rotatable bonds is 4. The first-order valence-electron chi connectivity index (χ1n) is 8.25. The summed E-state index contributed by atoms with van der Waals surface area (Å²) >= 11 is 0. The molecule has 1 aromatic carbocycles. The summed E-state index contributed by atoms with van der Waals surface area (Å²) in [6, 6.07) is 8.00. The second-order valence-corrected chi connectivity index (χ2v) is 6.27. The molecule has 3 rings (SSSR count). The van der Waals surface area contributed by atoms with Crippen molar-refractivity contribution in [2.24, 2.45) is 0 Å². The second-order valence-electron chi connectivity index (χ2n) is 6.27. The van der Waals surface area contributed by atoms with Crippen molar-refractivity contribution in [1.82, 2.24) is 4.98 Å². The standard InChI is InChI=1S/C18H23N3O2/c1-13(2)16-17(23-12-19-16)18(22)20-14-6-8-15(9-7-14)21-10-4-3-5-11-21/h6-9,12-13H,3-5,10-11H2,1-2H3,(H,20,22). The first kappa shape index (κ1) is 15.6. The zero-order valence-corrected chi connectivity index (χ0v) is 13.7. The number of aromatic nitrogens is 1. The molecule has 0 saturated carbocycles. The van der Waals surface area contributed by atoms with E-state index >= 15 is 0 Å². The third-order valence-corrected chi connectivity index (χ3v) is 4.19. The molecule has 0 bridgehead atoms. The Kier molecular flexibility index (Phi) is 4.65.